The van der Waals surface area contributed by atoms with Crippen molar-refractivity contribution in [3.63, 3.8) is 0 Å². The summed E-state index contributed by atoms with van der Waals surface area (Å²) in [6, 6.07) is 10.9. The first-order chi connectivity index (χ1) is 10.1. The van der Waals surface area contributed by atoms with E-state index in [-0.39, 0.29) is 11.7 Å². The number of phenols is 1. The number of rotatable bonds is 1. The number of carbonyl (C=O) groups excluding carboxylic acids is 1. The van der Waals surface area contributed by atoms with Gasteiger partial charge in [0.15, 0.2) is 0 Å². The second-order valence-corrected chi connectivity index (χ2v) is 5.42. The Balaban J connectivity index is 2.04. The first-order valence-electron chi connectivity index (χ1n) is 7.07. The monoisotopic (exact) mass is 282 g/mol. The fourth-order valence-electron chi connectivity index (χ4n) is 2.78. The number of hydrogen-bond acceptors (Lipinski definition) is 3. The van der Waals surface area contributed by atoms with Gasteiger partial charge in [-0.05, 0) is 49.1 Å². The van der Waals surface area contributed by atoms with E-state index < -0.39 is 0 Å². The van der Waals surface area contributed by atoms with Gasteiger partial charge in [0, 0.05) is 17.9 Å². The highest BCUT2D eigenvalue weighted by atomic mass is 16.3. The minimum absolute atomic E-state index is 0.0542. The molecular formula is C17H18N2O2. The van der Waals surface area contributed by atoms with E-state index in [0.29, 0.717) is 23.4 Å². The lowest BCUT2D eigenvalue weighted by molar-refractivity contribution is 0.0982. The van der Waals surface area contributed by atoms with E-state index >= 15 is 0 Å². The number of fused-ring (bicyclic) bond motifs is 1. The maximum absolute atomic E-state index is 12.8. The van der Waals surface area contributed by atoms with E-state index in [4.69, 9.17) is 5.73 Å². The van der Waals surface area contributed by atoms with Gasteiger partial charge in [-0.1, -0.05) is 18.2 Å². The summed E-state index contributed by atoms with van der Waals surface area (Å²) in [7, 11) is 0. The van der Waals surface area contributed by atoms with Crippen LogP contribution in [0.1, 0.15) is 27.9 Å². The molecule has 0 aromatic heterocycles. The molecule has 4 heteroatoms. The van der Waals surface area contributed by atoms with Crippen molar-refractivity contribution in [3.8, 4) is 5.75 Å². The molecule has 0 aliphatic carbocycles. The van der Waals surface area contributed by atoms with Crippen molar-refractivity contribution < 1.29 is 9.90 Å². The molecule has 0 spiro atoms. The van der Waals surface area contributed by atoms with E-state index in [0.717, 1.165) is 24.1 Å². The molecule has 21 heavy (non-hydrogen) atoms. The molecular weight excluding hydrogens is 264 g/mol. The summed E-state index contributed by atoms with van der Waals surface area (Å²) in [5.74, 6) is -0.124. The lowest BCUT2D eigenvalue weighted by atomic mass is 9.99. The number of carbonyl (C=O) groups is 1. The largest absolute Gasteiger partial charge is 0.507 e. The molecule has 4 nitrogen and oxygen atoms in total. The van der Waals surface area contributed by atoms with Crippen LogP contribution in [0.2, 0.25) is 0 Å². The van der Waals surface area contributed by atoms with Crippen molar-refractivity contribution in [2.24, 2.45) is 0 Å². The summed E-state index contributed by atoms with van der Waals surface area (Å²) >= 11 is 0. The SMILES string of the molecule is Cc1cccc(C(=O)N2CCCc3ccc(N)cc32)c1O. The van der Waals surface area contributed by atoms with Crippen LogP contribution in [0.5, 0.6) is 5.75 Å². The number of para-hydroxylation sites is 1. The first-order valence-corrected chi connectivity index (χ1v) is 7.07. The Morgan fingerprint density at radius 2 is 2.10 bits per heavy atom. The van der Waals surface area contributed by atoms with Crippen LogP contribution in [0.25, 0.3) is 0 Å². The van der Waals surface area contributed by atoms with Crippen molar-refractivity contribution in [3.05, 3.63) is 53.1 Å². The highest BCUT2D eigenvalue weighted by Gasteiger charge is 2.25. The van der Waals surface area contributed by atoms with Crippen molar-refractivity contribution in [1.29, 1.82) is 0 Å². The zero-order valence-corrected chi connectivity index (χ0v) is 12.0. The van der Waals surface area contributed by atoms with Crippen LogP contribution in [0.3, 0.4) is 0 Å². The molecule has 0 fully saturated rings. The molecule has 1 heterocycles. The van der Waals surface area contributed by atoms with Gasteiger partial charge in [-0.25, -0.2) is 0 Å². The van der Waals surface area contributed by atoms with Gasteiger partial charge >= 0.3 is 0 Å². The highest BCUT2D eigenvalue weighted by molar-refractivity contribution is 6.08. The van der Waals surface area contributed by atoms with Crippen LogP contribution >= 0.6 is 0 Å². The summed E-state index contributed by atoms with van der Waals surface area (Å²) in [5.41, 5.74) is 9.50. The van der Waals surface area contributed by atoms with Gasteiger partial charge in [0.1, 0.15) is 5.75 Å². The Morgan fingerprint density at radius 1 is 1.29 bits per heavy atom. The lowest BCUT2D eigenvalue weighted by Crippen LogP contribution is -2.35. The van der Waals surface area contributed by atoms with Gasteiger partial charge < -0.3 is 15.7 Å². The summed E-state index contributed by atoms with van der Waals surface area (Å²) in [5, 5.41) is 10.1. The second kappa shape index (κ2) is 5.13. The number of phenolic OH excluding ortho intramolecular Hbond substituents is 1. The van der Waals surface area contributed by atoms with Gasteiger partial charge in [-0.2, -0.15) is 0 Å². The fourth-order valence-corrected chi connectivity index (χ4v) is 2.78. The Labute approximate surface area is 123 Å². The molecule has 3 rings (SSSR count). The van der Waals surface area contributed by atoms with E-state index in [1.165, 1.54) is 0 Å². The van der Waals surface area contributed by atoms with Crippen LogP contribution in [-0.2, 0) is 6.42 Å². The normalized spacial score (nSPS) is 13.9. The van der Waals surface area contributed by atoms with Crippen molar-refractivity contribution in [2.75, 3.05) is 17.2 Å². The summed E-state index contributed by atoms with van der Waals surface area (Å²) in [4.78, 5) is 14.5. The molecule has 3 N–H and O–H groups in total. The van der Waals surface area contributed by atoms with Gasteiger partial charge in [0.2, 0.25) is 0 Å². The zero-order valence-electron chi connectivity index (χ0n) is 12.0. The average molecular weight is 282 g/mol. The Morgan fingerprint density at radius 3 is 2.90 bits per heavy atom. The zero-order chi connectivity index (χ0) is 15.0. The predicted octanol–water partition coefficient (Wildman–Crippen LogP) is 2.88. The van der Waals surface area contributed by atoms with Crippen molar-refractivity contribution in [2.45, 2.75) is 19.8 Å². The Hall–Kier alpha value is -2.49. The van der Waals surface area contributed by atoms with Crippen LogP contribution < -0.4 is 10.6 Å². The molecule has 2 aromatic rings. The number of anilines is 2. The maximum Gasteiger partial charge on any atom is 0.262 e. The van der Waals surface area contributed by atoms with Crippen LogP contribution in [0, 0.1) is 6.92 Å². The molecule has 0 saturated heterocycles. The number of amides is 1. The minimum Gasteiger partial charge on any atom is -0.507 e. The highest BCUT2D eigenvalue weighted by Crippen LogP contribution is 2.32. The molecule has 0 unspecified atom stereocenters. The van der Waals surface area contributed by atoms with E-state index in [9.17, 15) is 9.90 Å². The number of hydrogen-bond donors (Lipinski definition) is 2. The molecule has 0 atom stereocenters. The summed E-state index contributed by atoms with van der Waals surface area (Å²) < 4.78 is 0. The van der Waals surface area contributed by atoms with Crippen molar-refractivity contribution in [1.82, 2.24) is 0 Å². The molecule has 2 aromatic carbocycles. The Bertz CT molecular complexity index is 710. The third-order valence-electron chi connectivity index (χ3n) is 3.94. The molecule has 1 aliphatic rings. The summed E-state index contributed by atoms with van der Waals surface area (Å²) in [6.45, 7) is 2.43. The third kappa shape index (κ3) is 2.33. The molecule has 0 radical (unpaired) electrons. The van der Waals surface area contributed by atoms with E-state index in [2.05, 4.69) is 0 Å². The Kier molecular flexibility index (Phi) is 3.29. The molecule has 0 saturated carbocycles. The third-order valence-corrected chi connectivity index (χ3v) is 3.94. The van der Waals surface area contributed by atoms with Crippen LogP contribution in [-0.4, -0.2) is 17.6 Å². The lowest BCUT2D eigenvalue weighted by Gasteiger charge is -2.30. The fraction of sp³-hybridized carbons (Fsp3) is 0.235. The molecule has 0 bridgehead atoms. The standard InChI is InChI=1S/C17H18N2O2/c1-11-4-2-6-14(16(11)20)17(21)19-9-3-5-12-7-8-13(18)10-15(12)19/h2,4,6-8,10,20H,3,5,9,18H2,1H3. The maximum atomic E-state index is 12.8. The number of aryl methyl sites for hydroxylation is 2. The average Bonchev–Trinajstić information content (AvgIpc) is 2.48. The first kappa shape index (κ1) is 13.5. The number of nitrogen functional groups attached to an aromatic ring is 1. The number of benzene rings is 2. The minimum atomic E-state index is -0.178. The smallest absolute Gasteiger partial charge is 0.262 e. The topological polar surface area (TPSA) is 66.6 Å². The molecule has 1 amide bonds. The molecule has 108 valence electrons. The number of aromatic hydroxyl groups is 1. The van der Waals surface area contributed by atoms with Gasteiger partial charge in [0.05, 0.1) is 5.56 Å². The van der Waals surface area contributed by atoms with E-state index in [1.54, 1.807) is 30.0 Å². The van der Waals surface area contributed by atoms with Crippen LogP contribution in [0.4, 0.5) is 11.4 Å². The molecule has 1 aliphatic heterocycles. The predicted molar refractivity (Wildman–Crippen MR) is 83.7 cm³/mol. The van der Waals surface area contributed by atoms with Gasteiger partial charge in [0.25, 0.3) is 5.91 Å². The second-order valence-electron chi connectivity index (χ2n) is 5.42. The van der Waals surface area contributed by atoms with Gasteiger partial charge in [-0.15, -0.1) is 0 Å². The summed E-state index contributed by atoms with van der Waals surface area (Å²) in [6.07, 6.45) is 1.86. The quantitative estimate of drug-likeness (QED) is 0.790. The number of nitrogens with zero attached hydrogens (tertiary/aromatic N) is 1. The van der Waals surface area contributed by atoms with Crippen LogP contribution in [0.15, 0.2) is 36.4 Å². The van der Waals surface area contributed by atoms with Gasteiger partial charge in [-0.3, -0.25) is 4.79 Å². The number of nitrogens with two attached hydrogens (primary N) is 1. The van der Waals surface area contributed by atoms with Crippen molar-refractivity contribution >= 4 is 17.3 Å². The van der Waals surface area contributed by atoms with E-state index in [1.807, 2.05) is 18.2 Å².